The summed E-state index contributed by atoms with van der Waals surface area (Å²) in [7, 11) is -1.14. The summed E-state index contributed by atoms with van der Waals surface area (Å²) < 4.78 is 16.9. The van der Waals surface area contributed by atoms with Crippen LogP contribution in [0.15, 0.2) is 42.5 Å². The normalized spacial score (nSPS) is 13.0. The Morgan fingerprint density at radius 2 is 1.68 bits per heavy atom. The summed E-state index contributed by atoms with van der Waals surface area (Å²) in [4.78, 5) is 28.1. The van der Waals surface area contributed by atoms with Crippen molar-refractivity contribution in [1.82, 2.24) is 4.90 Å². The van der Waals surface area contributed by atoms with E-state index in [1.807, 2.05) is 62.9 Å². The molecule has 0 saturated carbocycles. The van der Waals surface area contributed by atoms with Gasteiger partial charge < -0.3 is 19.1 Å². The van der Waals surface area contributed by atoms with Crippen LogP contribution in [0.2, 0.25) is 30.7 Å². The van der Waals surface area contributed by atoms with Gasteiger partial charge in [0.05, 0.1) is 5.56 Å². The fraction of sp³-hybridized carbons (Fsp3) is 0.576. The third-order valence-electron chi connectivity index (χ3n) is 6.24. The van der Waals surface area contributed by atoms with E-state index in [0.29, 0.717) is 42.5 Å². The van der Waals surface area contributed by atoms with Gasteiger partial charge in [-0.25, -0.2) is 4.79 Å². The molecular formula is C33H50ClNO5Si. The zero-order chi connectivity index (χ0) is 31.0. The quantitative estimate of drug-likeness (QED) is 0.0993. The van der Waals surface area contributed by atoms with Crippen molar-refractivity contribution < 1.29 is 23.8 Å². The van der Waals surface area contributed by atoms with E-state index in [0.717, 1.165) is 17.2 Å². The number of ether oxygens (including phenoxy) is 3. The van der Waals surface area contributed by atoms with Gasteiger partial charge in [0.2, 0.25) is 5.91 Å². The minimum Gasteiger partial charge on any atom is -0.468 e. The Morgan fingerprint density at radius 3 is 2.27 bits per heavy atom. The van der Waals surface area contributed by atoms with E-state index in [1.165, 1.54) is 0 Å². The third-order valence-corrected chi connectivity index (χ3v) is 8.27. The number of esters is 1. The van der Waals surface area contributed by atoms with Crippen LogP contribution < -0.4 is 4.74 Å². The largest absolute Gasteiger partial charge is 0.468 e. The van der Waals surface area contributed by atoms with E-state index in [9.17, 15) is 9.59 Å². The Bertz CT molecular complexity index is 1160. The van der Waals surface area contributed by atoms with Crippen LogP contribution in [0.25, 0.3) is 0 Å². The topological polar surface area (TPSA) is 65.1 Å². The van der Waals surface area contributed by atoms with E-state index in [1.54, 1.807) is 12.1 Å². The minimum absolute atomic E-state index is 0.0299. The predicted octanol–water partition coefficient (Wildman–Crippen LogP) is 8.55. The van der Waals surface area contributed by atoms with Crippen molar-refractivity contribution in [3.63, 3.8) is 0 Å². The molecule has 0 radical (unpaired) electrons. The van der Waals surface area contributed by atoms with Crippen LogP contribution in [0.5, 0.6) is 5.75 Å². The van der Waals surface area contributed by atoms with E-state index < -0.39 is 13.7 Å². The lowest BCUT2D eigenvalue weighted by molar-refractivity contribution is -0.133. The van der Waals surface area contributed by atoms with Crippen molar-refractivity contribution in [3.05, 3.63) is 64.2 Å². The highest BCUT2D eigenvalue weighted by Gasteiger charge is 2.25. The first-order valence-corrected chi connectivity index (χ1v) is 18.5. The van der Waals surface area contributed by atoms with Crippen LogP contribution in [-0.2, 0) is 20.8 Å². The lowest BCUT2D eigenvalue weighted by atomic mass is 9.93. The number of hydrogen-bond donors (Lipinski definition) is 0. The second kappa shape index (κ2) is 14.7. The zero-order valence-corrected chi connectivity index (χ0v) is 28.5. The molecule has 0 aromatic heterocycles. The highest BCUT2D eigenvalue weighted by atomic mass is 35.5. The molecule has 0 saturated heterocycles. The van der Waals surface area contributed by atoms with Crippen molar-refractivity contribution in [2.45, 2.75) is 98.6 Å². The molecule has 0 heterocycles. The number of benzene rings is 2. The Balaban J connectivity index is 2.08. The molecule has 1 atom stereocenters. The smallest absolute Gasteiger partial charge is 0.338 e. The fourth-order valence-electron chi connectivity index (χ4n) is 4.20. The fourth-order valence-corrected chi connectivity index (χ4v) is 5.32. The van der Waals surface area contributed by atoms with Gasteiger partial charge in [0.25, 0.3) is 0 Å². The molecule has 0 bridgehead atoms. The summed E-state index contributed by atoms with van der Waals surface area (Å²) in [6, 6.07) is 14.0. The SMILES string of the molecule is CC(CC(=O)N(Cc1cccc(C(=O)OC(C)(C)C)c1)CC(C)(C)C)c1ccc(OCOCC[Si](C)(C)C)cc1Cl. The number of hydrogen-bond acceptors (Lipinski definition) is 5. The molecule has 0 spiro atoms. The molecule has 6 nitrogen and oxygen atoms in total. The molecule has 228 valence electrons. The molecule has 0 fully saturated rings. The molecule has 2 aromatic carbocycles. The predicted molar refractivity (Wildman–Crippen MR) is 171 cm³/mol. The van der Waals surface area contributed by atoms with Crippen molar-refractivity contribution in [1.29, 1.82) is 0 Å². The molecule has 1 amide bonds. The van der Waals surface area contributed by atoms with Crippen molar-refractivity contribution in [3.8, 4) is 5.75 Å². The summed E-state index contributed by atoms with van der Waals surface area (Å²) in [5, 5.41) is 0.567. The standard InChI is InChI=1S/C33H50ClNO5Si/c1-24(28-15-14-27(20-29(28)34)39-23-38-16-17-41(8,9)10)18-30(36)35(22-32(2,3)4)21-25-12-11-13-26(19-25)31(37)40-33(5,6)7/h11-15,19-20,24H,16-18,21-23H2,1-10H3. The summed E-state index contributed by atoms with van der Waals surface area (Å²) in [6.45, 7) is 22.7. The van der Waals surface area contributed by atoms with Gasteiger partial charge in [-0.3, -0.25) is 4.79 Å². The van der Waals surface area contributed by atoms with Crippen LogP contribution in [0.4, 0.5) is 0 Å². The molecule has 0 N–H and O–H groups in total. The van der Waals surface area contributed by atoms with Crippen molar-refractivity contribution in [2.24, 2.45) is 5.41 Å². The number of nitrogens with zero attached hydrogens (tertiary/aromatic N) is 1. The highest BCUT2D eigenvalue weighted by Crippen LogP contribution is 2.31. The molecule has 1 unspecified atom stereocenters. The molecule has 2 rings (SSSR count). The second-order valence-corrected chi connectivity index (χ2v) is 20.3. The van der Waals surface area contributed by atoms with Gasteiger partial charge in [0, 0.05) is 39.2 Å². The minimum atomic E-state index is -1.14. The van der Waals surface area contributed by atoms with Gasteiger partial charge in [0.1, 0.15) is 11.4 Å². The number of amides is 1. The Morgan fingerprint density at radius 1 is 1.00 bits per heavy atom. The second-order valence-electron chi connectivity index (χ2n) is 14.3. The summed E-state index contributed by atoms with van der Waals surface area (Å²) >= 11 is 6.63. The molecule has 0 aliphatic carbocycles. The molecule has 0 aliphatic heterocycles. The summed E-state index contributed by atoms with van der Waals surface area (Å²) in [5.74, 6) is 0.210. The summed E-state index contributed by atoms with van der Waals surface area (Å²) in [5.41, 5.74) is 1.57. The van der Waals surface area contributed by atoms with Crippen LogP contribution in [0.1, 0.15) is 82.3 Å². The zero-order valence-electron chi connectivity index (χ0n) is 26.7. The first-order chi connectivity index (χ1) is 18.8. The monoisotopic (exact) mass is 603 g/mol. The van der Waals surface area contributed by atoms with Gasteiger partial charge in [-0.2, -0.15) is 0 Å². The maximum atomic E-state index is 13.6. The average molecular weight is 604 g/mol. The molecule has 2 aromatic rings. The van der Waals surface area contributed by atoms with Crippen LogP contribution in [0.3, 0.4) is 0 Å². The third kappa shape index (κ3) is 13.4. The number of carbonyl (C=O) groups is 2. The number of carbonyl (C=O) groups excluding carboxylic acids is 2. The van der Waals surface area contributed by atoms with Crippen LogP contribution in [0, 0.1) is 5.41 Å². The van der Waals surface area contributed by atoms with Gasteiger partial charge >= 0.3 is 5.97 Å². The Labute approximate surface area is 253 Å². The van der Waals surface area contributed by atoms with Gasteiger partial charge in [-0.1, -0.05) is 77.1 Å². The maximum absolute atomic E-state index is 13.6. The van der Waals surface area contributed by atoms with E-state index >= 15 is 0 Å². The molecular weight excluding hydrogens is 554 g/mol. The van der Waals surface area contributed by atoms with Crippen molar-refractivity contribution >= 4 is 31.6 Å². The number of rotatable bonds is 13. The highest BCUT2D eigenvalue weighted by molar-refractivity contribution is 6.76. The molecule has 8 heteroatoms. The van der Waals surface area contributed by atoms with E-state index in [4.69, 9.17) is 25.8 Å². The Kier molecular flexibility index (Phi) is 12.5. The van der Waals surface area contributed by atoms with Crippen molar-refractivity contribution in [2.75, 3.05) is 19.9 Å². The lowest BCUT2D eigenvalue weighted by Crippen LogP contribution is -2.37. The first kappa shape index (κ1) is 34.8. The van der Waals surface area contributed by atoms with E-state index in [2.05, 4.69) is 40.4 Å². The van der Waals surface area contributed by atoms with E-state index in [-0.39, 0.29) is 30.0 Å². The maximum Gasteiger partial charge on any atom is 0.338 e. The van der Waals surface area contributed by atoms with Crippen LogP contribution >= 0.6 is 11.6 Å². The lowest BCUT2D eigenvalue weighted by Gasteiger charge is -2.31. The number of halogens is 1. The van der Waals surface area contributed by atoms with Gasteiger partial charge in [-0.15, -0.1) is 0 Å². The average Bonchev–Trinajstić information content (AvgIpc) is 2.81. The molecule has 41 heavy (non-hydrogen) atoms. The Hall–Kier alpha value is -2.35. The van der Waals surface area contributed by atoms with Gasteiger partial charge in [-0.05, 0) is 73.5 Å². The van der Waals surface area contributed by atoms with Gasteiger partial charge in [0.15, 0.2) is 6.79 Å². The summed E-state index contributed by atoms with van der Waals surface area (Å²) in [6.07, 6.45) is 0.307. The molecule has 0 aliphatic rings. The van der Waals surface area contributed by atoms with Crippen LogP contribution in [-0.4, -0.2) is 50.4 Å². The first-order valence-electron chi connectivity index (χ1n) is 14.4.